The van der Waals surface area contributed by atoms with E-state index in [9.17, 15) is 0 Å². The zero-order valence-electron chi connectivity index (χ0n) is 13.2. The maximum absolute atomic E-state index is 8.54. The molecule has 0 heterocycles. The molecule has 0 aliphatic heterocycles. The van der Waals surface area contributed by atoms with Gasteiger partial charge >= 0.3 is 0 Å². The van der Waals surface area contributed by atoms with E-state index in [2.05, 4.69) is 43.3 Å². The van der Waals surface area contributed by atoms with Crippen molar-refractivity contribution in [3.05, 3.63) is 65.2 Å². The highest BCUT2D eigenvalue weighted by atomic mass is 16.5. The second-order valence-corrected chi connectivity index (χ2v) is 5.59. The number of benzene rings is 2. The number of hydrogen-bond acceptors (Lipinski definition) is 2. The molecular weight excluding hydrogens is 270 g/mol. The highest BCUT2D eigenvalue weighted by molar-refractivity contribution is 5.37. The molecule has 0 bridgehead atoms. The molecule has 2 rings (SSSR count). The Morgan fingerprint density at radius 2 is 1.77 bits per heavy atom. The lowest BCUT2D eigenvalue weighted by Crippen LogP contribution is -1.98. The van der Waals surface area contributed by atoms with Crippen molar-refractivity contribution in [2.24, 2.45) is 0 Å². The van der Waals surface area contributed by atoms with Gasteiger partial charge in [-0.3, -0.25) is 0 Å². The molecular formula is C20H23NO. The molecule has 0 unspecified atom stereocenters. The summed E-state index contributed by atoms with van der Waals surface area (Å²) in [4.78, 5) is 0. The van der Waals surface area contributed by atoms with E-state index >= 15 is 0 Å². The predicted molar refractivity (Wildman–Crippen MR) is 89.7 cm³/mol. The van der Waals surface area contributed by atoms with Crippen LogP contribution in [0.1, 0.15) is 42.4 Å². The van der Waals surface area contributed by atoms with Gasteiger partial charge in [0.15, 0.2) is 0 Å². The molecule has 0 saturated carbocycles. The normalized spacial score (nSPS) is 10.2. The first-order valence-electron chi connectivity index (χ1n) is 7.93. The minimum absolute atomic E-state index is 0.604. The predicted octanol–water partition coefficient (Wildman–Crippen LogP) is 5.20. The van der Waals surface area contributed by atoms with Gasteiger partial charge in [-0.1, -0.05) is 48.9 Å². The Hall–Kier alpha value is -2.27. The molecule has 0 atom stereocenters. The molecule has 0 aliphatic carbocycles. The van der Waals surface area contributed by atoms with Crippen LogP contribution in [0.25, 0.3) is 0 Å². The first kappa shape index (κ1) is 16.1. The van der Waals surface area contributed by atoms with Crippen molar-refractivity contribution >= 4 is 0 Å². The highest BCUT2D eigenvalue weighted by Gasteiger charge is 2.03. The minimum atomic E-state index is 0.604. The van der Waals surface area contributed by atoms with Crippen LogP contribution < -0.4 is 4.74 Å². The van der Waals surface area contributed by atoms with E-state index in [1.807, 2.05) is 18.2 Å². The van der Waals surface area contributed by atoms with E-state index in [0.717, 1.165) is 31.4 Å². The smallest absolute Gasteiger partial charge is 0.122 e. The Labute approximate surface area is 133 Å². The van der Waals surface area contributed by atoms with Gasteiger partial charge < -0.3 is 4.74 Å². The quantitative estimate of drug-likeness (QED) is 0.627. The van der Waals surface area contributed by atoms with Gasteiger partial charge in [-0.25, -0.2) is 0 Å². The van der Waals surface area contributed by atoms with Crippen LogP contribution in [0, 0.1) is 18.3 Å². The van der Waals surface area contributed by atoms with E-state index in [1.54, 1.807) is 0 Å². The van der Waals surface area contributed by atoms with Gasteiger partial charge in [0.05, 0.1) is 6.07 Å². The molecule has 2 aromatic carbocycles. The van der Waals surface area contributed by atoms with Crippen LogP contribution in [0.4, 0.5) is 0 Å². The lowest BCUT2D eigenvalue weighted by atomic mass is 10.0. The zero-order valence-corrected chi connectivity index (χ0v) is 13.2. The lowest BCUT2D eigenvalue weighted by molar-refractivity contribution is 0.304. The molecule has 0 fully saturated rings. The van der Waals surface area contributed by atoms with Gasteiger partial charge in [0.1, 0.15) is 12.4 Å². The number of aryl methyl sites for hydroxylation is 2. The van der Waals surface area contributed by atoms with Crippen LogP contribution >= 0.6 is 0 Å². The monoisotopic (exact) mass is 293 g/mol. The Bertz CT molecular complexity index is 613. The second kappa shape index (κ2) is 8.89. The van der Waals surface area contributed by atoms with Gasteiger partial charge in [0.2, 0.25) is 0 Å². The van der Waals surface area contributed by atoms with Crippen LogP contribution in [0.15, 0.2) is 48.5 Å². The maximum atomic E-state index is 8.54. The van der Waals surface area contributed by atoms with Crippen LogP contribution in [0.5, 0.6) is 5.75 Å². The summed E-state index contributed by atoms with van der Waals surface area (Å²) >= 11 is 0. The molecule has 0 radical (unpaired) electrons. The van der Waals surface area contributed by atoms with E-state index in [4.69, 9.17) is 10.00 Å². The molecule has 0 saturated heterocycles. The van der Waals surface area contributed by atoms with Crippen LogP contribution in [-0.2, 0) is 13.0 Å². The second-order valence-electron chi connectivity index (χ2n) is 5.59. The Morgan fingerprint density at radius 1 is 0.955 bits per heavy atom. The van der Waals surface area contributed by atoms with Crippen LogP contribution in [0.2, 0.25) is 0 Å². The fourth-order valence-corrected chi connectivity index (χ4v) is 2.40. The van der Waals surface area contributed by atoms with Crippen LogP contribution in [0.3, 0.4) is 0 Å². The number of hydrogen-bond donors (Lipinski definition) is 0. The third-order valence-electron chi connectivity index (χ3n) is 3.74. The van der Waals surface area contributed by atoms with Crippen molar-refractivity contribution in [2.75, 3.05) is 0 Å². The first-order valence-corrected chi connectivity index (χ1v) is 7.93. The summed E-state index contributed by atoms with van der Waals surface area (Å²) < 4.78 is 5.97. The van der Waals surface area contributed by atoms with E-state index in [1.165, 1.54) is 16.7 Å². The van der Waals surface area contributed by atoms with Gasteiger partial charge in [-0.05, 0) is 48.9 Å². The van der Waals surface area contributed by atoms with Crippen molar-refractivity contribution in [1.82, 2.24) is 0 Å². The van der Waals surface area contributed by atoms with Crippen molar-refractivity contribution in [3.8, 4) is 11.8 Å². The largest absolute Gasteiger partial charge is 0.489 e. The maximum Gasteiger partial charge on any atom is 0.122 e. The first-order chi connectivity index (χ1) is 10.8. The molecule has 22 heavy (non-hydrogen) atoms. The lowest BCUT2D eigenvalue weighted by Gasteiger charge is -2.11. The van der Waals surface area contributed by atoms with E-state index < -0.39 is 0 Å². The number of nitrogens with zero attached hydrogens (tertiary/aromatic N) is 1. The summed E-state index contributed by atoms with van der Waals surface area (Å²) in [5.41, 5.74) is 3.67. The minimum Gasteiger partial charge on any atom is -0.489 e. The third kappa shape index (κ3) is 5.26. The van der Waals surface area contributed by atoms with Gasteiger partial charge in [-0.15, -0.1) is 0 Å². The average molecular weight is 293 g/mol. The molecule has 2 nitrogen and oxygen atoms in total. The fourth-order valence-electron chi connectivity index (χ4n) is 2.40. The SMILES string of the molecule is Cc1ccc(CCCCCC#N)cc1OCc1ccccc1. The number of unbranched alkanes of at least 4 members (excludes halogenated alkanes) is 3. The van der Waals surface area contributed by atoms with Gasteiger partial charge in [-0.2, -0.15) is 5.26 Å². The third-order valence-corrected chi connectivity index (χ3v) is 3.74. The molecule has 0 aromatic heterocycles. The summed E-state index contributed by atoms with van der Waals surface area (Å²) in [5.74, 6) is 0.971. The van der Waals surface area contributed by atoms with E-state index in [-0.39, 0.29) is 0 Å². The zero-order chi connectivity index (χ0) is 15.6. The fraction of sp³-hybridized carbons (Fsp3) is 0.350. The van der Waals surface area contributed by atoms with Crippen molar-refractivity contribution < 1.29 is 4.74 Å². The van der Waals surface area contributed by atoms with Gasteiger partial charge in [0, 0.05) is 6.42 Å². The summed E-state index contributed by atoms with van der Waals surface area (Å²) in [6.45, 7) is 2.68. The molecule has 0 amide bonds. The van der Waals surface area contributed by atoms with Gasteiger partial charge in [0.25, 0.3) is 0 Å². The summed E-state index contributed by atoms with van der Waals surface area (Å²) in [5, 5.41) is 8.54. The summed E-state index contributed by atoms with van der Waals surface area (Å²) in [7, 11) is 0. The number of rotatable bonds is 8. The Morgan fingerprint density at radius 3 is 2.55 bits per heavy atom. The molecule has 0 N–H and O–H groups in total. The molecule has 2 aromatic rings. The molecule has 114 valence electrons. The number of ether oxygens (including phenoxy) is 1. The number of nitriles is 1. The molecule has 0 aliphatic rings. The summed E-state index contributed by atoms with van der Waals surface area (Å²) in [6, 6.07) is 18.9. The summed E-state index contributed by atoms with van der Waals surface area (Å²) in [6.07, 6.45) is 4.96. The van der Waals surface area contributed by atoms with Crippen molar-refractivity contribution in [3.63, 3.8) is 0 Å². The molecule has 0 spiro atoms. The van der Waals surface area contributed by atoms with E-state index in [0.29, 0.717) is 13.0 Å². The van der Waals surface area contributed by atoms with Crippen molar-refractivity contribution in [1.29, 1.82) is 5.26 Å². The average Bonchev–Trinajstić information content (AvgIpc) is 2.56. The Balaban J connectivity index is 1.88. The highest BCUT2D eigenvalue weighted by Crippen LogP contribution is 2.22. The standard InChI is InChI=1S/C20H23NO/c1-17-12-13-18(9-5-2-3-8-14-21)15-20(17)22-16-19-10-6-4-7-11-19/h4,6-7,10-13,15H,2-3,5,8-9,16H2,1H3. The molecule has 2 heteroatoms. The Kier molecular flexibility index (Phi) is 6.51. The topological polar surface area (TPSA) is 33.0 Å². The van der Waals surface area contributed by atoms with Crippen LogP contribution in [-0.4, -0.2) is 0 Å². The van der Waals surface area contributed by atoms with Crippen molar-refractivity contribution in [2.45, 2.75) is 45.6 Å².